The predicted molar refractivity (Wildman–Crippen MR) is 119 cm³/mol. The highest BCUT2D eigenvalue weighted by Gasteiger charge is 2.16. The number of benzene rings is 2. The summed E-state index contributed by atoms with van der Waals surface area (Å²) < 4.78 is 10.2. The van der Waals surface area contributed by atoms with Crippen molar-refractivity contribution in [3.63, 3.8) is 0 Å². The SMILES string of the molecule is COc1ccc(/C=C(\NC(=O)c2ccco2)C(=O)N/N=C\C=C/c2ccccc2)cc1. The molecular weight excluding hydrogens is 394 g/mol. The van der Waals surface area contributed by atoms with Crippen LogP contribution in [0.15, 0.2) is 94.3 Å². The fourth-order valence-electron chi connectivity index (χ4n) is 2.53. The predicted octanol–water partition coefficient (Wildman–Crippen LogP) is 3.87. The van der Waals surface area contributed by atoms with Crippen molar-refractivity contribution in [3.8, 4) is 5.75 Å². The largest absolute Gasteiger partial charge is 0.497 e. The molecule has 0 aliphatic rings. The van der Waals surface area contributed by atoms with E-state index >= 15 is 0 Å². The molecule has 0 fully saturated rings. The van der Waals surface area contributed by atoms with E-state index in [1.165, 1.54) is 24.6 Å². The summed E-state index contributed by atoms with van der Waals surface area (Å²) in [6, 6.07) is 19.8. The first-order valence-corrected chi connectivity index (χ1v) is 9.41. The van der Waals surface area contributed by atoms with Crippen molar-refractivity contribution >= 4 is 30.2 Å². The van der Waals surface area contributed by atoms with Crippen molar-refractivity contribution < 1.29 is 18.7 Å². The van der Waals surface area contributed by atoms with Crippen LogP contribution >= 0.6 is 0 Å². The summed E-state index contributed by atoms with van der Waals surface area (Å²) in [5.74, 6) is -0.367. The Morgan fingerprint density at radius 2 is 1.74 bits per heavy atom. The molecule has 31 heavy (non-hydrogen) atoms. The number of hydrogen-bond acceptors (Lipinski definition) is 5. The van der Waals surface area contributed by atoms with E-state index in [0.717, 1.165) is 5.56 Å². The third kappa shape index (κ3) is 6.57. The number of nitrogens with zero attached hydrogens (tertiary/aromatic N) is 1. The van der Waals surface area contributed by atoms with E-state index in [-0.39, 0.29) is 11.5 Å². The van der Waals surface area contributed by atoms with Crippen LogP contribution in [0.25, 0.3) is 12.2 Å². The minimum atomic E-state index is -0.583. The molecule has 1 heterocycles. The van der Waals surface area contributed by atoms with Gasteiger partial charge in [-0.15, -0.1) is 0 Å². The van der Waals surface area contributed by atoms with Gasteiger partial charge in [-0.05, 0) is 47.5 Å². The number of hydrogen-bond donors (Lipinski definition) is 2. The quantitative estimate of drug-likeness (QED) is 0.332. The smallest absolute Gasteiger partial charge is 0.291 e. The van der Waals surface area contributed by atoms with E-state index in [4.69, 9.17) is 9.15 Å². The third-order valence-electron chi connectivity index (χ3n) is 4.08. The van der Waals surface area contributed by atoms with Gasteiger partial charge in [0, 0.05) is 6.21 Å². The summed E-state index contributed by atoms with van der Waals surface area (Å²) in [7, 11) is 1.57. The lowest BCUT2D eigenvalue weighted by Crippen LogP contribution is -2.32. The van der Waals surface area contributed by atoms with Crippen molar-refractivity contribution in [1.29, 1.82) is 0 Å². The number of nitrogens with one attached hydrogen (secondary N) is 2. The van der Waals surface area contributed by atoms with E-state index in [9.17, 15) is 9.59 Å². The summed E-state index contributed by atoms with van der Waals surface area (Å²) in [5.41, 5.74) is 4.11. The zero-order chi connectivity index (χ0) is 21.9. The van der Waals surface area contributed by atoms with Gasteiger partial charge in [0.1, 0.15) is 11.4 Å². The number of allylic oxidation sites excluding steroid dienone is 1. The van der Waals surface area contributed by atoms with Crippen LogP contribution < -0.4 is 15.5 Å². The molecule has 7 heteroatoms. The summed E-state index contributed by atoms with van der Waals surface area (Å²) >= 11 is 0. The molecule has 2 aromatic carbocycles. The maximum absolute atomic E-state index is 12.6. The number of carbonyl (C=O) groups excluding carboxylic acids is 2. The zero-order valence-corrected chi connectivity index (χ0v) is 16.8. The minimum absolute atomic E-state index is 0.00996. The Hall–Kier alpha value is -4.39. The molecule has 0 aliphatic carbocycles. The first-order chi connectivity index (χ1) is 15.2. The number of amides is 2. The summed E-state index contributed by atoms with van der Waals surface area (Å²) in [6.45, 7) is 0. The molecule has 2 N–H and O–H groups in total. The topological polar surface area (TPSA) is 92.9 Å². The van der Waals surface area contributed by atoms with Crippen LogP contribution in [-0.4, -0.2) is 25.1 Å². The summed E-state index contributed by atoms with van der Waals surface area (Å²) in [5, 5.41) is 6.46. The average molecular weight is 415 g/mol. The van der Waals surface area contributed by atoms with Crippen molar-refractivity contribution in [1.82, 2.24) is 10.7 Å². The van der Waals surface area contributed by atoms with Gasteiger partial charge in [-0.25, -0.2) is 5.43 Å². The van der Waals surface area contributed by atoms with Crippen LogP contribution in [0.4, 0.5) is 0 Å². The van der Waals surface area contributed by atoms with Crippen molar-refractivity contribution in [2.24, 2.45) is 5.10 Å². The molecule has 1 aromatic heterocycles. The molecule has 3 aromatic rings. The number of ether oxygens (including phenoxy) is 1. The normalized spacial score (nSPS) is 11.6. The number of furan rings is 1. The van der Waals surface area contributed by atoms with Crippen LogP contribution in [0.2, 0.25) is 0 Å². The number of rotatable bonds is 8. The third-order valence-corrected chi connectivity index (χ3v) is 4.08. The Morgan fingerprint density at radius 3 is 2.42 bits per heavy atom. The molecule has 0 bridgehead atoms. The highest BCUT2D eigenvalue weighted by Crippen LogP contribution is 2.14. The van der Waals surface area contributed by atoms with E-state index in [1.807, 2.05) is 36.4 Å². The van der Waals surface area contributed by atoms with E-state index in [0.29, 0.717) is 11.3 Å². The van der Waals surface area contributed by atoms with Crippen molar-refractivity contribution in [3.05, 3.63) is 102 Å². The van der Waals surface area contributed by atoms with Gasteiger partial charge in [0.25, 0.3) is 11.8 Å². The van der Waals surface area contributed by atoms with Gasteiger partial charge in [-0.1, -0.05) is 48.5 Å². The minimum Gasteiger partial charge on any atom is -0.497 e. The van der Waals surface area contributed by atoms with Crippen LogP contribution in [-0.2, 0) is 4.79 Å². The molecule has 0 spiro atoms. The summed E-state index contributed by atoms with van der Waals surface area (Å²) in [6.07, 6.45) is 7.91. The molecule has 0 aliphatic heterocycles. The van der Waals surface area contributed by atoms with Gasteiger partial charge in [-0.2, -0.15) is 5.10 Å². The fourth-order valence-corrected chi connectivity index (χ4v) is 2.53. The van der Waals surface area contributed by atoms with E-state index in [2.05, 4.69) is 15.8 Å². The average Bonchev–Trinajstić information content (AvgIpc) is 3.35. The fraction of sp³-hybridized carbons (Fsp3) is 0.0417. The standard InChI is InChI=1S/C24H21N3O4/c1-30-20-13-11-19(12-14-20)17-21(26-24(29)22-10-6-16-31-22)23(28)27-25-15-5-9-18-7-3-2-4-8-18/h2-17H,1H3,(H,26,29)(H,27,28)/b9-5-,21-17-,25-15-. The van der Waals surface area contributed by atoms with Gasteiger partial charge in [0.2, 0.25) is 0 Å². The maximum Gasteiger partial charge on any atom is 0.291 e. The molecular formula is C24H21N3O4. The van der Waals surface area contributed by atoms with Crippen molar-refractivity contribution in [2.75, 3.05) is 7.11 Å². The first kappa shape index (κ1) is 21.3. The Labute approximate surface area is 179 Å². The van der Waals surface area contributed by atoms with Gasteiger partial charge in [-0.3, -0.25) is 9.59 Å². The monoisotopic (exact) mass is 415 g/mol. The zero-order valence-electron chi connectivity index (χ0n) is 16.8. The van der Waals surface area contributed by atoms with Gasteiger partial charge in [0.05, 0.1) is 13.4 Å². The lowest BCUT2D eigenvalue weighted by atomic mass is 10.1. The van der Waals surface area contributed by atoms with Crippen LogP contribution in [0.3, 0.4) is 0 Å². The number of hydrazone groups is 1. The van der Waals surface area contributed by atoms with E-state index in [1.54, 1.807) is 43.5 Å². The van der Waals surface area contributed by atoms with E-state index < -0.39 is 11.8 Å². The molecule has 3 rings (SSSR count). The number of carbonyl (C=O) groups is 2. The summed E-state index contributed by atoms with van der Waals surface area (Å²) in [4.78, 5) is 25.0. The first-order valence-electron chi connectivity index (χ1n) is 9.41. The second kappa shape index (κ2) is 11.0. The molecule has 156 valence electrons. The van der Waals surface area contributed by atoms with Gasteiger partial charge in [0.15, 0.2) is 5.76 Å². The Kier molecular flexibility index (Phi) is 7.54. The maximum atomic E-state index is 12.6. The number of methoxy groups -OCH3 is 1. The lowest BCUT2D eigenvalue weighted by Gasteiger charge is -2.08. The van der Waals surface area contributed by atoms with Crippen LogP contribution in [0, 0.1) is 0 Å². The Morgan fingerprint density at radius 1 is 0.968 bits per heavy atom. The molecule has 0 saturated carbocycles. The highest BCUT2D eigenvalue weighted by atomic mass is 16.5. The molecule has 0 saturated heterocycles. The molecule has 2 amide bonds. The molecule has 0 unspecified atom stereocenters. The Balaban J connectivity index is 1.71. The van der Waals surface area contributed by atoms with Gasteiger partial charge < -0.3 is 14.5 Å². The second-order valence-corrected chi connectivity index (χ2v) is 6.25. The second-order valence-electron chi connectivity index (χ2n) is 6.25. The van der Waals surface area contributed by atoms with Gasteiger partial charge >= 0.3 is 0 Å². The Bertz CT molecular complexity index is 1080. The highest BCUT2D eigenvalue weighted by molar-refractivity contribution is 6.04. The molecule has 0 atom stereocenters. The molecule has 7 nitrogen and oxygen atoms in total. The van der Waals surface area contributed by atoms with Crippen LogP contribution in [0.1, 0.15) is 21.7 Å². The molecule has 0 radical (unpaired) electrons. The lowest BCUT2D eigenvalue weighted by molar-refractivity contribution is -0.117. The van der Waals surface area contributed by atoms with Crippen LogP contribution in [0.5, 0.6) is 5.75 Å². The van der Waals surface area contributed by atoms with Crippen molar-refractivity contribution in [2.45, 2.75) is 0 Å².